The third-order valence-electron chi connectivity index (χ3n) is 5.68. The monoisotopic (exact) mass is 286 g/mol. The van der Waals surface area contributed by atoms with Crippen LogP contribution in [0, 0.1) is 41.5 Å². The first-order valence-electron chi connectivity index (χ1n) is 8.07. The lowest BCUT2D eigenvalue weighted by Gasteiger charge is -2.21. The van der Waals surface area contributed by atoms with Crippen LogP contribution in [0.2, 0.25) is 0 Å². The lowest BCUT2D eigenvalue weighted by molar-refractivity contribution is 1.31. The Morgan fingerprint density at radius 2 is 1.14 bits per heavy atom. The summed E-state index contributed by atoms with van der Waals surface area (Å²) in [5.41, 5.74) is 8.47. The molecule has 0 nitrogen and oxygen atoms in total. The minimum absolute atomic E-state index is 1.38. The van der Waals surface area contributed by atoms with Gasteiger partial charge in [-0.3, -0.25) is 0 Å². The molecule has 0 amide bonds. The summed E-state index contributed by atoms with van der Waals surface area (Å²) in [5, 5.41) is 8.64. The van der Waals surface area contributed by atoms with Crippen molar-refractivity contribution in [3.05, 3.63) is 57.6 Å². The molecule has 0 fully saturated rings. The molecule has 0 aromatic heterocycles. The zero-order valence-corrected chi connectivity index (χ0v) is 14.3. The van der Waals surface area contributed by atoms with Gasteiger partial charge in [-0.15, -0.1) is 0 Å². The van der Waals surface area contributed by atoms with Crippen molar-refractivity contribution in [1.82, 2.24) is 0 Å². The lowest BCUT2D eigenvalue weighted by atomic mass is 9.83. The van der Waals surface area contributed by atoms with Crippen LogP contribution in [-0.2, 0) is 0 Å². The molecule has 0 aliphatic heterocycles. The molecule has 0 aliphatic carbocycles. The number of benzene rings is 4. The molecule has 4 aromatic rings. The summed E-state index contributed by atoms with van der Waals surface area (Å²) < 4.78 is 0. The van der Waals surface area contributed by atoms with E-state index < -0.39 is 0 Å². The van der Waals surface area contributed by atoms with Gasteiger partial charge in [0.25, 0.3) is 0 Å². The minimum Gasteiger partial charge on any atom is -0.0581 e. The molecule has 0 heteroatoms. The fourth-order valence-corrected chi connectivity index (χ4v) is 4.20. The van der Waals surface area contributed by atoms with E-state index in [0.29, 0.717) is 0 Å². The molecule has 0 aliphatic rings. The summed E-state index contributed by atoms with van der Waals surface area (Å²) in [6, 6.07) is 9.34. The van der Waals surface area contributed by atoms with E-state index in [1.165, 1.54) is 65.7 Å². The molecule has 0 spiro atoms. The van der Waals surface area contributed by atoms with E-state index in [9.17, 15) is 0 Å². The highest BCUT2D eigenvalue weighted by molar-refractivity contribution is 6.26. The fourth-order valence-electron chi connectivity index (χ4n) is 4.20. The Hall–Kier alpha value is -2.08. The number of hydrogen-bond acceptors (Lipinski definition) is 0. The molecular weight excluding hydrogens is 264 g/mol. The summed E-state index contributed by atoms with van der Waals surface area (Å²) in [6.45, 7) is 13.5. The average molecular weight is 286 g/mol. The van der Waals surface area contributed by atoms with Crippen molar-refractivity contribution in [2.24, 2.45) is 0 Å². The Bertz CT molecular complexity index is 1060. The first kappa shape index (κ1) is 13.6. The summed E-state index contributed by atoms with van der Waals surface area (Å²) in [7, 11) is 0. The zero-order valence-electron chi connectivity index (χ0n) is 14.3. The smallest absolute Gasteiger partial charge is 0.00183 e. The predicted molar refractivity (Wildman–Crippen MR) is 98.6 cm³/mol. The Labute approximate surface area is 132 Å². The molecule has 0 saturated carbocycles. The van der Waals surface area contributed by atoms with E-state index in [1.54, 1.807) is 0 Å². The minimum atomic E-state index is 1.38. The molecule has 22 heavy (non-hydrogen) atoms. The van der Waals surface area contributed by atoms with Crippen LogP contribution in [0.5, 0.6) is 0 Å². The first-order chi connectivity index (χ1) is 10.4. The number of rotatable bonds is 0. The second kappa shape index (κ2) is 4.23. The van der Waals surface area contributed by atoms with Gasteiger partial charge < -0.3 is 0 Å². The summed E-state index contributed by atoms with van der Waals surface area (Å²) in [4.78, 5) is 0. The highest BCUT2D eigenvalue weighted by atomic mass is 14.2. The molecule has 0 saturated heterocycles. The molecule has 0 bridgehead atoms. The Balaban J connectivity index is 2.52. The van der Waals surface area contributed by atoms with E-state index in [-0.39, 0.29) is 0 Å². The zero-order chi connectivity index (χ0) is 15.8. The van der Waals surface area contributed by atoms with Crippen LogP contribution < -0.4 is 0 Å². The topological polar surface area (TPSA) is 0 Å². The third-order valence-corrected chi connectivity index (χ3v) is 5.68. The van der Waals surface area contributed by atoms with Crippen LogP contribution in [0.4, 0.5) is 0 Å². The quantitative estimate of drug-likeness (QED) is 0.326. The number of hydrogen-bond donors (Lipinski definition) is 0. The highest BCUT2D eigenvalue weighted by Gasteiger charge is 2.17. The van der Waals surface area contributed by atoms with E-state index in [1.807, 2.05) is 0 Å². The molecule has 4 rings (SSSR count). The molecule has 0 unspecified atom stereocenters. The van der Waals surface area contributed by atoms with Gasteiger partial charge in [-0.05, 0) is 107 Å². The molecule has 4 aromatic carbocycles. The van der Waals surface area contributed by atoms with Crippen LogP contribution in [0.1, 0.15) is 33.4 Å². The van der Waals surface area contributed by atoms with E-state index >= 15 is 0 Å². The van der Waals surface area contributed by atoms with Crippen molar-refractivity contribution in [1.29, 1.82) is 0 Å². The van der Waals surface area contributed by atoms with Gasteiger partial charge in [0, 0.05) is 0 Å². The van der Waals surface area contributed by atoms with Gasteiger partial charge in [0.1, 0.15) is 0 Å². The summed E-state index contributed by atoms with van der Waals surface area (Å²) in [6.07, 6.45) is 0. The van der Waals surface area contributed by atoms with Crippen molar-refractivity contribution in [3.63, 3.8) is 0 Å². The van der Waals surface area contributed by atoms with Crippen LogP contribution >= 0.6 is 0 Å². The lowest BCUT2D eigenvalue weighted by Crippen LogP contribution is -1.97. The Kier molecular flexibility index (Phi) is 2.61. The summed E-state index contributed by atoms with van der Waals surface area (Å²) >= 11 is 0. The van der Waals surface area contributed by atoms with Gasteiger partial charge in [-0.1, -0.05) is 24.3 Å². The average Bonchev–Trinajstić information content (AvgIpc) is 2.49. The predicted octanol–water partition coefficient (Wildman–Crippen LogP) is 6.43. The second-order valence-corrected chi connectivity index (χ2v) is 6.91. The molecule has 110 valence electrons. The SMILES string of the molecule is Cc1c(C)c2cc(C)c3ccc(C)c4cc(C)c(c1C)c2c34. The van der Waals surface area contributed by atoms with Crippen LogP contribution in [0.3, 0.4) is 0 Å². The van der Waals surface area contributed by atoms with Gasteiger partial charge in [0.05, 0.1) is 0 Å². The largest absolute Gasteiger partial charge is 0.0581 e. The van der Waals surface area contributed by atoms with Crippen LogP contribution in [0.25, 0.3) is 32.3 Å². The van der Waals surface area contributed by atoms with Gasteiger partial charge in [-0.2, -0.15) is 0 Å². The molecule has 0 heterocycles. The second-order valence-electron chi connectivity index (χ2n) is 6.91. The van der Waals surface area contributed by atoms with E-state index in [4.69, 9.17) is 0 Å². The van der Waals surface area contributed by atoms with Crippen molar-refractivity contribution >= 4 is 32.3 Å². The molecule has 0 atom stereocenters. The maximum Gasteiger partial charge on any atom is -0.00183 e. The van der Waals surface area contributed by atoms with Crippen molar-refractivity contribution in [2.75, 3.05) is 0 Å². The number of aryl methyl sites for hydroxylation is 5. The van der Waals surface area contributed by atoms with Gasteiger partial charge in [0.2, 0.25) is 0 Å². The Morgan fingerprint density at radius 1 is 0.455 bits per heavy atom. The summed E-state index contributed by atoms with van der Waals surface area (Å²) in [5.74, 6) is 0. The Morgan fingerprint density at radius 3 is 1.86 bits per heavy atom. The fraction of sp³-hybridized carbons (Fsp3) is 0.273. The van der Waals surface area contributed by atoms with Crippen molar-refractivity contribution in [3.8, 4) is 0 Å². The van der Waals surface area contributed by atoms with E-state index in [0.717, 1.165) is 0 Å². The van der Waals surface area contributed by atoms with Gasteiger partial charge in [-0.25, -0.2) is 0 Å². The van der Waals surface area contributed by atoms with Crippen LogP contribution in [0.15, 0.2) is 24.3 Å². The highest BCUT2D eigenvalue weighted by Crippen LogP contribution is 2.42. The van der Waals surface area contributed by atoms with Crippen LogP contribution in [-0.4, -0.2) is 0 Å². The van der Waals surface area contributed by atoms with Crippen molar-refractivity contribution in [2.45, 2.75) is 41.5 Å². The van der Waals surface area contributed by atoms with Crippen molar-refractivity contribution < 1.29 is 0 Å². The molecule has 0 radical (unpaired) electrons. The maximum atomic E-state index is 2.39. The first-order valence-corrected chi connectivity index (χ1v) is 8.07. The normalized spacial score (nSPS) is 12.1. The maximum absolute atomic E-state index is 2.39. The van der Waals surface area contributed by atoms with Gasteiger partial charge in [0.15, 0.2) is 0 Å². The molecular formula is C22H22. The third kappa shape index (κ3) is 1.48. The van der Waals surface area contributed by atoms with E-state index in [2.05, 4.69) is 65.8 Å². The standard InChI is InChI=1S/C22H22/c1-11-7-8-17-12(2)9-19-15(5)14(4)16(6)20-13(3)10-18(11)21(17)22(19)20/h7-10H,1-6H3. The molecule has 0 N–H and O–H groups in total. The van der Waals surface area contributed by atoms with Gasteiger partial charge >= 0.3 is 0 Å².